The molecule has 112 valence electrons. The third-order valence-electron chi connectivity index (χ3n) is 3.43. The second-order valence-electron chi connectivity index (χ2n) is 5.09. The molecule has 0 N–H and O–H groups in total. The first-order valence-electron chi connectivity index (χ1n) is 7.00. The SMILES string of the molecule is COC(=O)c1ccccc1/C=C/C(=O)c1ccc(C)cc1C. The number of esters is 1. The van der Waals surface area contributed by atoms with E-state index in [0.29, 0.717) is 16.7 Å². The number of carbonyl (C=O) groups is 2. The van der Waals surface area contributed by atoms with Gasteiger partial charge in [-0.25, -0.2) is 4.79 Å². The van der Waals surface area contributed by atoms with Crippen molar-refractivity contribution in [1.82, 2.24) is 0 Å². The first-order valence-corrected chi connectivity index (χ1v) is 7.00. The maximum Gasteiger partial charge on any atom is 0.338 e. The molecule has 2 aromatic carbocycles. The number of hydrogen-bond acceptors (Lipinski definition) is 3. The van der Waals surface area contributed by atoms with Crippen LogP contribution in [-0.4, -0.2) is 18.9 Å². The Labute approximate surface area is 130 Å². The van der Waals surface area contributed by atoms with Gasteiger partial charge < -0.3 is 4.74 Å². The number of allylic oxidation sites excluding steroid dienone is 1. The van der Waals surface area contributed by atoms with Crippen LogP contribution in [0.25, 0.3) is 6.08 Å². The van der Waals surface area contributed by atoms with E-state index in [4.69, 9.17) is 4.74 Å². The maximum atomic E-state index is 12.3. The van der Waals surface area contributed by atoms with Gasteiger partial charge in [-0.05, 0) is 37.1 Å². The zero-order valence-corrected chi connectivity index (χ0v) is 12.9. The minimum atomic E-state index is -0.417. The van der Waals surface area contributed by atoms with Crippen LogP contribution in [0.15, 0.2) is 48.5 Å². The van der Waals surface area contributed by atoms with Gasteiger partial charge in [0.05, 0.1) is 12.7 Å². The Morgan fingerprint density at radius 3 is 2.41 bits per heavy atom. The fraction of sp³-hybridized carbons (Fsp3) is 0.158. The summed E-state index contributed by atoms with van der Waals surface area (Å²) in [7, 11) is 1.34. The molecule has 0 heterocycles. The first-order chi connectivity index (χ1) is 10.5. The standard InChI is InChI=1S/C19H18O3/c1-13-8-10-16(14(2)12-13)18(20)11-9-15-6-4-5-7-17(15)19(21)22-3/h4-12H,1-3H3/b11-9+. The van der Waals surface area contributed by atoms with Crippen LogP contribution in [-0.2, 0) is 4.74 Å². The van der Waals surface area contributed by atoms with E-state index in [0.717, 1.165) is 11.1 Å². The summed E-state index contributed by atoms with van der Waals surface area (Å²) in [5.41, 5.74) is 3.82. The lowest BCUT2D eigenvalue weighted by molar-refractivity contribution is 0.0600. The van der Waals surface area contributed by atoms with Crippen LogP contribution in [0.3, 0.4) is 0 Å². The largest absolute Gasteiger partial charge is 0.465 e. The summed E-state index contributed by atoms with van der Waals surface area (Å²) < 4.78 is 4.74. The normalized spacial score (nSPS) is 10.7. The Bertz CT molecular complexity index is 742. The number of carbonyl (C=O) groups excluding carboxylic acids is 2. The second-order valence-corrected chi connectivity index (χ2v) is 5.09. The van der Waals surface area contributed by atoms with Crippen molar-refractivity contribution in [2.24, 2.45) is 0 Å². The van der Waals surface area contributed by atoms with Crippen LogP contribution in [0.2, 0.25) is 0 Å². The number of rotatable bonds is 4. The molecule has 3 nitrogen and oxygen atoms in total. The average Bonchev–Trinajstić information content (AvgIpc) is 2.52. The van der Waals surface area contributed by atoms with Gasteiger partial charge >= 0.3 is 5.97 Å². The Balaban J connectivity index is 2.29. The monoisotopic (exact) mass is 294 g/mol. The van der Waals surface area contributed by atoms with Crippen LogP contribution >= 0.6 is 0 Å². The Morgan fingerprint density at radius 2 is 1.73 bits per heavy atom. The summed E-state index contributed by atoms with van der Waals surface area (Å²) in [4.78, 5) is 24.0. The predicted molar refractivity (Wildman–Crippen MR) is 87.1 cm³/mol. The summed E-state index contributed by atoms with van der Waals surface area (Å²) in [5, 5.41) is 0. The highest BCUT2D eigenvalue weighted by Gasteiger charge is 2.10. The molecule has 2 aromatic rings. The van der Waals surface area contributed by atoms with Crippen molar-refractivity contribution in [2.45, 2.75) is 13.8 Å². The van der Waals surface area contributed by atoms with Gasteiger partial charge in [0, 0.05) is 5.56 Å². The minimum Gasteiger partial charge on any atom is -0.465 e. The topological polar surface area (TPSA) is 43.4 Å². The van der Waals surface area contributed by atoms with E-state index in [-0.39, 0.29) is 5.78 Å². The highest BCUT2D eigenvalue weighted by atomic mass is 16.5. The number of ether oxygens (including phenoxy) is 1. The third kappa shape index (κ3) is 3.50. The quantitative estimate of drug-likeness (QED) is 0.486. The smallest absolute Gasteiger partial charge is 0.338 e. The molecule has 0 amide bonds. The predicted octanol–water partition coefficient (Wildman–Crippen LogP) is 3.99. The van der Waals surface area contributed by atoms with E-state index in [1.165, 1.54) is 13.2 Å². The van der Waals surface area contributed by atoms with Gasteiger partial charge in [-0.2, -0.15) is 0 Å². The van der Waals surface area contributed by atoms with Crippen molar-refractivity contribution >= 4 is 17.8 Å². The fourth-order valence-corrected chi connectivity index (χ4v) is 2.28. The van der Waals surface area contributed by atoms with Crippen molar-refractivity contribution in [1.29, 1.82) is 0 Å². The van der Waals surface area contributed by atoms with Crippen LogP contribution < -0.4 is 0 Å². The molecule has 0 saturated heterocycles. The molecular formula is C19H18O3. The first kappa shape index (κ1) is 15.7. The van der Waals surface area contributed by atoms with Gasteiger partial charge in [0.1, 0.15) is 0 Å². The molecule has 0 saturated carbocycles. The third-order valence-corrected chi connectivity index (χ3v) is 3.43. The van der Waals surface area contributed by atoms with E-state index in [2.05, 4.69) is 0 Å². The van der Waals surface area contributed by atoms with Gasteiger partial charge in [-0.3, -0.25) is 4.79 Å². The summed E-state index contributed by atoms with van der Waals surface area (Å²) in [6, 6.07) is 12.7. The molecule has 0 aliphatic carbocycles. The van der Waals surface area contributed by atoms with Crippen molar-refractivity contribution < 1.29 is 14.3 Å². The number of hydrogen-bond donors (Lipinski definition) is 0. The molecule has 0 aliphatic rings. The lowest BCUT2D eigenvalue weighted by atomic mass is 10.0. The summed E-state index contributed by atoms with van der Waals surface area (Å²) in [6.45, 7) is 3.90. The lowest BCUT2D eigenvalue weighted by Gasteiger charge is -2.04. The van der Waals surface area contributed by atoms with Crippen LogP contribution in [0.4, 0.5) is 0 Å². The van der Waals surface area contributed by atoms with Gasteiger partial charge in [0.15, 0.2) is 5.78 Å². The molecule has 0 fully saturated rings. The van der Waals surface area contributed by atoms with Crippen molar-refractivity contribution in [2.75, 3.05) is 7.11 Å². The van der Waals surface area contributed by atoms with Gasteiger partial charge in [-0.1, -0.05) is 48.0 Å². The van der Waals surface area contributed by atoms with Gasteiger partial charge in [0.25, 0.3) is 0 Å². The molecule has 0 aromatic heterocycles. The Hall–Kier alpha value is -2.68. The van der Waals surface area contributed by atoms with E-state index in [1.54, 1.807) is 24.3 Å². The van der Waals surface area contributed by atoms with E-state index in [1.807, 2.05) is 38.1 Å². The van der Waals surface area contributed by atoms with Gasteiger partial charge in [-0.15, -0.1) is 0 Å². The molecule has 0 radical (unpaired) electrons. The van der Waals surface area contributed by atoms with Crippen molar-refractivity contribution in [3.8, 4) is 0 Å². The highest BCUT2D eigenvalue weighted by Crippen LogP contribution is 2.15. The molecule has 0 atom stereocenters. The number of ketones is 1. The Kier molecular flexibility index (Phi) is 4.89. The van der Waals surface area contributed by atoms with Crippen LogP contribution in [0.5, 0.6) is 0 Å². The molecule has 0 spiro atoms. The second kappa shape index (κ2) is 6.85. The van der Waals surface area contributed by atoms with Crippen LogP contribution in [0, 0.1) is 13.8 Å². The van der Waals surface area contributed by atoms with E-state index in [9.17, 15) is 9.59 Å². The van der Waals surface area contributed by atoms with Crippen molar-refractivity contribution in [3.05, 3.63) is 76.4 Å². The summed E-state index contributed by atoms with van der Waals surface area (Å²) in [6.07, 6.45) is 3.13. The molecule has 2 rings (SSSR count). The fourth-order valence-electron chi connectivity index (χ4n) is 2.28. The van der Waals surface area contributed by atoms with Gasteiger partial charge in [0.2, 0.25) is 0 Å². The number of aryl methyl sites for hydroxylation is 2. The van der Waals surface area contributed by atoms with Crippen LogP contribution in [0.1, 0.15) is 37.4 Å². The summed E-state index contributed by atoms with van der Waals surface area (Å²) in [5.74, 6) is -0.503. The van der Waals surface area contributed by atoms with Crippen molar-refractivity contribution in [3.63, 3.8) is 0 Å². The minimum absolute atomic E-state index is 0.0860. The average molecular weight is 294 g/mol. The van der Waals surface area contributed by atoms with E-state index < -0.39 is 5.97 Å². The van der Waals surface area contributed by atoms with E-state index >= 15 is 0 Å². The number of methoxy groups -OCH3 is 1. The lowest BCUT2D eigenvalue weighted by Crippen LogP contribution is -2.03. The molecule has 0 bridgehead atoms. The molecule has 0 aliphatic heterocycles. The molecular weight excluding hydrogens is 276 g/mol. The number of benzene rings is 2. The summed E-state index contributed by atoms with van der Waals surface area (Å²) >= 11 is 0. The zero-order valence-electron chi connectivity index (χ0n) is 12.9. The molecule has 0 unspecified atom stereocenters. The molecule has 3 heteroatoms. The highest BCUT2D eigenvalue weighted by molar-refractivity contribution is 6.08. The zero-order chi connectivity index (χ0) is 16.1. The Morgan fingerprint density at radius 1 is 1.00 bits per heavy atom. The maximum absolute atomic E-state index is 12.3. The molecule has 22 heavy (non-hydrogen) atoms.